The van der Waals surface area contributed by atoms with Gasteiger partial charge in [0.15, 0.2) is 5.96 Å². The first kappa shape index (κ1) is 21.7. The Labute approximate surface area is 195 Å². The van der Waals surface area contributed by atoms with Gasteiger partial charge in [0.25, 0.3) is 0 Å². The van der Waals surface area contributed by atoms with Crippen LogP contribution in [0.4, 0.5) is 0 Å². The number of rotatable bonds is 6. The number of fused-ring (bicyclic) bond motifs is 1. The van der Waals surface area contributed by atoms with Crippen molar-refractivity contribution >= 4 is 5.96 Å². The van der Waals surface area contributed by atoms with Crippen molar-refractivity contribution in [3.63, 3.8) is 0 Å². The normalized spacial score (nSPS) is 21.2. The summed E-state index contributed by atoms with van der Waals surface area (Å²) >= 11 is 0. The zero-order valence-corrected chi connectivity index (χ0v) is 19.2. The molecule has 1 N–H and O–H groups in total. The maximum Gasteiger partial charge on any atom is 0.194 e. The van der Waals surface area contributed by atoms with Crippen molar-refractivity contribution in [2.75, 3.05) is 33.3 Å². The lowest BCUT2D eigenvalue weighted by molar-refractivity contribution is -0.0502. The summed E-state index contributed by atoms with van der Waals surface area (Å²) in [7, 11) is 1.85. The Kier molecular flexibility index (Phi) is 6.69. The molecule has 1 aromatic heterocycles. The molecule has 0 amide bonds. The maximum absolute atomic E-state index is 6.14. The number of morpholine rings is 1. The lowest BCUT2D eigenvalue weighted by Gasteiger charge is -2.36. The average molecular weight is 445 g/mol. The molecule has 0 radical (unpaired) electrons. The van der Waals surface area contributed by atoms with Gasteiger partial charge in [-0.15, -0.1) is 0 Å². The highest BCUT2D eigenvalue weighted by Crippen LogP contribution is 2.24. The SMILES string of the molecule is CN=C(NCc1cnn(Cc2ccccc2)c1)N1CC2OCCN(Cc3ccccc3)C2C1. The molecule has 7 heteroatoms. The zero-order valence-electron chi connectivity index (χ0n) is 19.2. The van der Waals surface area contributed by atoms with Crippen LogP contribution in [0, 0.1) is 0 Å². The van der Waals surface area contributed by atoms with E-state index in [1.807, 2.05) is 24.0 Å². The summed E-state index contributed by atoms with van der Waals surface area (Å²) in [6, 6.07) is 21.5. The molecule has 2 aliphatic heterocycles. The van der Waals surface area contributed by atoms with Crippen LogP contribution in [0.15, 0.2) is 78.0 Å². The van der Waals surface area contributed by atoms with Crippen LogP contribution in [0.1, 0.15) is 16.7 Å². The summed E-state index contributed by atoms with van der Waals surface area (Å²) in [4.78, 5) is 9.44. The number of aromatic nitrogens is 2. The third-order valence-electron chi connectivity index (χ3n) is 6.48. The second kappa shape index (κ2) is 10.2. The van der Waals surface area contributed by atoms with Gasteiger partial charge in [-0.1, -0.05) is 60.7 Å². The highest BCUT2D eigenvalue weighted by Gasteiger charge is 2.41. The first-order chi connectivity index (χ1) is 16.3. The number of hydrogen-bond donors (Lipinski definition) is 1. The summed E-state index contributed by atoms with van der Waals surface area (Å²) in [5, 5.41) is 8.05. The van der Waals surface area contributed by atoms with Gasteiger partial charge in [-0.05, 0) is 11.1 Å². The number of aliphatic imine (C=N–C) groups is 1. The van der Waals surface area contributed by atoms with Gasteiger partial charge in [-0.25, -0.2) is 0 Å². The van der Waals surface area contributed by atoms with E-state index >= 15 is 0 Å². The molecule has 172 valence electrons. The van der Waals surface area contributed by atoms with E-state index in [4.69, 9.17) is 4.74 Å². The van der Waals surface area contributed by atoms with E-state index in [1.165, 1.54) is 11.1 Å². The van der Waals surface area contributed by atoms with Crippen LogP contribution in [0.5, 0.6) is 0 Å². The van der Waals surface area contributed by atoms with Crippen LogP contribution in [0.2, 0.25) is 0 Å². The Hall–Kier alpha value is -3.16. The molecule has 0 bridgehead atoms. The molecule has 33 heavy (non-hydrogen) atoms. The molecule has 0 aliphatic carbocycles. The number of likely N-dealkylation sites (tertiary alicyclic amines) is 1. The third kappa shape index (κ3) is 5.26. The van der Waals surface area contributed by atoms with Gasteiger partial charge < -0.3 is 15.0 Å². The van der Waals surface area contributed by atoms with Crippen LogP contribution >= 0.6 is 0 Å². The lowest BCUT2D eigenvalue weighted by Crippen LogP contribution is -2.50. The van der Waals surface area contributed by atoms with Gasteiger partial charge >= 0.3 is 0 Å². The molecule has 0 saturated carbocycles. The van der Waals surface area contributed by atoms with E-state index in [2.05, 4.69) is 86.0 Å². The zero-order chi connectivity index (χ0) is 22.5. The van der Waals surface area contributed by atoms with Gasteiger partial charge in [0.2, 0.25) is 0 Å². The summed E-state index contributed by atoms with van der Waals surface area (Å²) in [5.41, 5.74) is 3.74. The fraction of sp³-hybridized carbons (Fsp3) is 0.385. The Morgan fingerprint density at radius 3 is 2.45 bits per heavy atom. The van der Waals surface area contributed by atoms with Gasteiger partial charge in [0.05, 0.1) is 31.5 Å². The Morgan fingerprint density at radius 2 is 1.73 bits per heavy atom. The monoisotopic (exact) mass is 444 g/mol. The summed E-state index contributed by atoms with van der Waals surface area (Å²) in [6.07, 6.45) is 4.24. The number of ether oxygens (including phenoxy) is 1. The Bertz CT molecular complexity index is 1050. The van der Waals surface area contributed by atoms with Gasteiger partial charge in [-0.2, -0.15) is 5.10 Å². The van der Waals surface area contributed by atoms with Crippen molar-refractivity contribution in [3.05, 3.63) is 89.7 Å². The molecule has 0 spiro atoms. The van der Waals surface area contributed by atoms with E-state index in [9.17, 15) is 0 Å². The average Bonchev–Trinajstić information content (AvgIpc) is 3.48. The molecule has 2 atom stereocenters. The van der Waals surface area contributed by atoms with Crippen LogP contribution in [0.25, 0.3) is 0 Å². The van der Waals surface area contributed by atoms with E-state index in [0.717, 1.165) is 50.9 Å². The van der Waals surface area contributed by atoms with E-state index in [0.29, 0.717) is 12.6 Å². The quantitative estimate of drug-likeness (QED) is 0.468. The van der Waals surface area contributed by atoms with E-state index in [1.54, 1.807) is 0 Å². The predicted octanol–water partition coefficient (Wildman–Crippen LogP) is 2.59. The standard InChI is InChI=1S/C26H32N6O/c1-27-26(28-14-23-15-29-32(18-23)17-22-10-6-3-7-11-22)31-19-24-25(20-31)33-13-12-30(24)16-21-8-4-2-5-9-21/h2-11,15,18,24-25H,12-14,16-17,19-20H2,1H3,(H,27,28). The minimum absolute atomic E-state index is 0.217. The van der Waals surface area contributed by atoms with Crippen molar-refractivity contribution in [2.24, 2.45) is 4.99 Å². The van der Waals surface area contributed by atoms with Crippen LogP contribution < -0.4 is 5.32 Å². The number of benzene rings is 2. The second-order valence-corrected chi connectivity index (χ2v) is 8.77. The molecule has 3 heterocycles. The van der Waals surface area contributed by atoms with Crippen molar-refractivity contribution in [2.45, 2.75) is 31.8 Å². The van der Waals surface area contributed by atoms with Crippen molar-refractivity contribution in [3.8, 4) is 0 Å². The molecule has 3 aromatic rings. The van der Waals surface area contributed by atoms with Crippen molar-refractivity contribution < 1.29 is 4.74 Å². The summed E-state index contributed by atoms with van der Waals surface area (Å²) < 4.78 is 8.12. The Morgan fingerprint density at radius 1 is 1.00 bits per heavy atom. The maximum atomic E-state index is 6.14. The number of guanidine groups is 1. The van der Waals surface area contributed by atoms with Gasteiger partial charge in [-0.3, -0.25) is 14.6 Å². The molecule has 2 aliphatic rings. The van der Waals surface area contributed by atoms with Crippen LogP contribution in [0.3, 0.4) is 0 Å². The minimum Gasteiger partial charge on any atom is -0.373 e. The van der Waals surface area contributed by atoms with Gasteiger partial charge in [0.1, 0.15) is 0 Å². The molecular formula is C26H32N6O. The molecule has 2 fully saturated rings. The minimum atomic E-state index is 0.217. The Balaban J connectivity index is 1.17. The van der Waals surface area contributed by atoms with Gasteiger partial charge in [0, 0.05) is 51.5 Å². The van der Waals surface area contributed by atoms with Crippen molar-refractivity contribution in [1.29, 1.82) is 0 Å². The number of nitrogens with zero attached hydrogens (tertiary/aromatic N) is 5. The highest BCUT2D eigenvalue weighted by molar-refractivity contribution is 5.80. The predicted molar refractivity (Wildman–Crippen MR) is 130 cm³/mol. The second-order valence-electron chi connectivity index (χ2n) is 8.77. The molecule has 2 aromatic carbocycles. The third-order valence-corrected chi connectivity index (χ3v) is 6.48. The number of hydrogen-bond acceptors (Lipinski definition) is 4. The molecule has 5 rings (SSSR count). The largest absolute Gasteiger partial charge is 0.373 e. The summed E-state index contributed by atoms with van der Waals surface area (Å²) in [6.45, 7) is 5.98. The van der Waals surface area contributed by atoms with E-state index in [-0.39, 0.29) is 6.10 Å². The first-order valence-electron chi connectivity index (χ1n) is 11.7. The van der Waals surface area contributed by atoms with Crippen LogP contribution in [-0.2, 0) is 24.4 Å². The van der Waals surface area contributed by atoms with E-state index < -0.39 is 0 Å². The number of nitrogens with one attached hydrogen (secondary N) is 1. The fourth-order valence-electron chi connectivity index (χ4n) is 4.81. The lowest BCUT2D eigenvalue weighted by atomic mass is 10.1. The van der Waals surface area contributed by atoms with Crippen LogP contribution in [-0.4, -0.2) is 71.0 Å². The first-order valence-corrected chi connectivity index (χ1v) is 11.7. The van der Waals surface area contributed by atoms with Crippen molar-refractivity contribution in [1.82, 2.24) is 24.9 Å². The highest BCUT2D eigenvalue weighted by atomic mass is 16.5. The smallest absolute Gasteiger partial charge is 0.194 e. The summed E-state index contributed by atoms with van der Waals surface area (Å²) in [5.74, 6) is 0.920. The molecular weight excluding hydrogens is 412 g/mol. The molecule has 2 unspecified atom stereocenters. The molecule has 2 saturated heterocycles. The fourth-order valence-corrected chi connectivity index (χ4v) is 4.81. The topological polar surface area (TPSA) is 57.9 Å². The molecule has 7 nitrogen and oxygen atoms in total.